The molecule has 11 heteroatoms. The second-order valence-corrected chi connectivity index (χ2v) is 13.9. The van der Waals surface area contributed by atoms with Crippen LogP contribution in [-0.2, 0) is 37.5 Å². The highest BCUT2D eigenvalue weighted by Crippen LogP contribution is 2.43. The van der Waals surface area contributed by atoms with E-state index in [-0.39, 0.29) is 38.4 Å². The Morgan fingerprint density at radius 3 is 1.77 bits per heavy atom. The van der Waals surface area contributed by atoms with Crippen LogP contribution in [0.3, 0.4) is 0 Å². The lowest BCUT2D eigenvalue weighted by atomic mass is 10.1. The summed E-state index contributed by atoms with van der Waals surface area (Å²) in [5.41, 5.74) is 5.32. The van der Waals surface area contributed by atoms with Crippen LogP contribution in [0, 0.1) is 0 Å². The van der Waals surface area contributed by atoms with E-state index in [1.165, 1.54) is 70.6 Å². The number of carbonyl (C=O) groups excluding carboxylic acids is 3. The van der Waals surface area contributed by atoms with Gasteiger partial charge in [-0.3, -0.25) is 23.4 Å². The molecule has 10 nitrogen and oxygen atoms in total. The summed E-state index contributed by atoms with van der Waals surface area (Å²) >= 11 is 0. The number of esters is 2. The first-order valence-corrected chi connectivity index (χ1v) is 20.3. The van der Waals surface area contributed by atoms with Crippen LogP contribution in [0.2, 0.25) is 0 Å². The second kappa shape index (κ2) is 33.6. The number of phosphoric acid groups is 1. The lowest BCUT2D eigenvalue weighted by molar-refractivity contribution is -0.161. The number of phosphoric ester groups is 1. The zero-order chi connectivity index (χ0) is 35.6. The summed E-state index contributed by atoms with van der Waals surface area (Å²) in [5, 5.41) is 0. The lowest BCUT2D eigenvalue weighted by Crippen LogP contribution is -2.29. The Kier molecular flexibility index (Phi) is 32.4. The van der Waals surface area contributed by atoms with Crippen molar-refractivity contribution < 1.29 is 42.4 Å². The van der Waals surface area contributed by atoms with Crippen molar-refractivity contribution in [2.75, 3.05) is 26.4 Å². The minimum atomic E-state index is -4.40. The van der Waals surface area contributed by atoms with Crippen LogP contribution in [0.5, 0.6) is 0 Å². The molecule has 0 aliphatic rings. The summed E-state index contributed by atoms with van der Waals surface area (Å²) in [5.74, 6) is -0.805. The minimum absolute atomic E-state index is 0.0349. The van der Waals surface area contributed by atoms with Gasteiger partial charge in [0.05, 0.1) is 13.2 Å². The van der Waals surface area contributed by atoms with E-state index in [1.54, 1.807) is 6.08 Å². The van der Waals surface area contributed by atoms with Gasteiger partial charge in [0.15, 0.2) is 11.9 Å². The molecule has 0 radical (unpaired) electrons. The van der Waals surface area contributed by atoms with Crippen LogP contribution >= 0.6 is 7.82 Å². The maximum atomic E-state index is 12.5. The Labute approximate surface area is 291 Å². The SMILES string of the molecule is CCCCC/C=C\C=C\C(=O)CCCCCCCC(=O)O[C@H](COC(=O)CCCCCCCCCCCCC)COP(=O)(O)OCCN. The number of hydrogen-bond donors (Lipinski definition) is 2. The average Bonchev–Trinajstić information content (AvgIpc) is 3.06. The second-order valence-electron chi connectivity index (χ2n) is 12.5. The molecule has 0 aliphatic heterocycles. The van der Waals surface area contributed by atoms with Crippen LogP contribution in [-0.4, -0.2) is 55.1 Å². The summed E-state index contributed by atoms with van der Waals surface area (Å²) in [7, 11) is -4.40. The summed E-state index contributed by atoms with van der Waals surface area (Å²) in [4.78, 5) is 46.6. The fourth-order valence-electron chi connectivity index (χ4n) is 4.97. The quantitative estimate of drug-likeness (QED) is 0.0215. The summed E-state index contributed by atoms with van der Waals surface area (Å²) in [6.45, 7) is 3.51. The zero-order valence-corrected chi connectivity index (χ0v) is 31.1. The number of unbranched alkanes of at least 4 members (excludes halogenated alkanes) is 17. The van der Waals surface area contributed by atoms with Crippen LogP contribution in [0.25, 0.3) is 0 Å². The highest BCUT2D eigenvalue weighted by atomic mass is 31.2. The number of rotatable bonds is 35. The van der Waals surface area contributed by atoms with Crippen molar-refractivity contribution in [3.63, 3.8) is 0 Å². The fourth-order valence-corrected chi connectivity index (χ4v) is 5.73. The molecule has 2 atom stereocenters. The van der Waals surface area contributed by atoms with Crippen molar-refractivity contribution in [1.29, 1.82) is 0 Å². The van der Waals surface area contributed by atoms with E-state index in [9.17, 15) is 23.8 Å². The van der Waals surface area contributed by atoms with E-state index in [2.05, 4.69) is 19.9 Å². The van der Waals surface area contributed by atoms with Gasteiger partial charge in [0.1, 0.15) is 6.61 Å². The van der Waals surface area contributed by atoms with Gasteiger partial charge in [0.25, 0.3) is 0 Å². The third-order valence-electron chi connectivity index (χ3n) is 7.82. The minimum Gasteiger partial charge on any atom is -0.462 e. The molecule has 0 aromatic carbocycles. The highest BCUT2D eigenvalue weighted by molar-refractivity contribution is 7.47. The smallest absolute Gasteiger partial charge is 0.462 e. The van der Waals surface area contributed by atoms with Crippen molar-refractivity contribution in [1.82, 2.24) is 0 Å². The van der Waals surface area contributed by atoms with E-state index in [0.29, 0.717) is 12.8 Å². The molecule has 3 N–H and O–H groups in total. The summed E-state index contributed by atoms with van der Waals surface area (Å²) in [6.07, 6.45) is 28.9. The third kappa shape index (κ3) is 32.7. The summed E-state index contributed by atoms with van der Waals surface area (Å²) in [6, 6.07) is 0. The molecular weight excluding hydrogens is 633 g/mol. The maximum Gasteiger partial charge on any atom is 0.472 e. The number of ether oxygens (including phenoxy) is 2. The molecule has 0 spiro atoms. The molecule has 0 aromatic rings. The Bertz CT molecular complexity index is 909. The van der Waals surface area contributed by atoms with E-state index >= 15 is 0 Å². The van der Waals surface area contributed by atoms with Gasteiger partial charge < -0.3 is 20.1 Å². The standard InChI is InChI=1S/C37H68NO9P/c1-3-5-7-9-11-12-13-14-16-20-24-28-36(40)44-32-35(33-46-48(42,43)45-31-30-38)47-37(41)29-25-21-17-19-23-27-34(39)26-22-18-15-10-8-6-4-2/h15,18,22,26,35H,3-14,16-17,19-21,23-25,27-33,38H2,1-2H3,(H,42,43)/b18-15-,26-22+/t35-/m1/s1. The average molecular weight is 702 g/mol. The van der Waals surface area contributed by atoms with E-state index in [4.69, 9.17) is 24.3 Å². The van der Waals surface area contributed by atoms with Crippen molar-refractivity contribution in [3.8, 4) is 0 Å². The number of nitrogens with two attached hydrogens (primary N) is 1. The first-order valence-electron chi connectivity index (χ1n) is 18.8. The van der Waals surface area contributed by atoms with Gasteiger partial charge in [-0.15, -0.1) is 0 Å². The van der Waals surface area contributed by atoms with Gasteiger partial charge in [-0.2, -0.15) is 0 Å². The topological polar surface area (TPSA) is 151 Å². The number of ketones is 1. The van der Waals surface area contributed by atoms with E-state index in [0.717, 1.165) is 51.4 Å². The van der Waals surface area contributed by atoms with Gasteiger partial charge in [-0.1, -0.05) is 128 Å². The van der Waals surface area contributed by atoms with E-state index in [1.807, 2.05) is 12.2 Å². The van der Waals surface area contributed by atoms with Gasteiger partial charge in [-0.05, 0) is 38.2 Å². The van der Waals surface area contributed by atoms with Crippen molar-refractivity contribution in [2.24, 2.45) is 5.73 Å². The monoisotopic (exact) mass is 701 g/mol. The lowest BCUT2D eigenvalue weighted by Gasteiger charge is -2.19. The molecule has 0 saturated heterocycles. The fraction of sp³-hybridized carbons (Fsp3) is 0.811. The van der Waals surface area contributed by atoms with Crippen molar-refractivity contribution >= 4 is 25.5 Å². The molecule has 0 aromatic heterocycles. The van der Waals surface area contributed by atoms with Crippen LogP contribution in [0.4, 0.5) is 0 Å². The van der Waals surface area contributed by atoms with Crippen molar-refractivity contribution in [2.45, 2.75) is 168 Å². The molecule has 0 bridgehead atoms. The Morgan fingerprint density at radius 1 is 0.667 bits per heavy atom. The van der Waals surface area contributed by atoms with Gasteiger partial charge >= 0.3 is 19.8 Å². The number of hydrogen-bond acceptors (Lipinski definition) is 9. The molecule has 280 valence electrons. The van der Waals surface area contributed by atoms with Crippen LogP contribution in [0.15, 0.2) is 24.3 Å². The third-order valence-corrected chi connectivity index (χ3v) is 8.80. The number of carbonyl (C=O) groups is 3. The predicted octanol–water partition coefficient (Wildman–Crippen LogP) is 9.23. The summed E-state index contributed by atoms with van der Waals surface area (Å²) < 4.78 is 32.5. The van der Waals surface area contributed by atoms with E-state index < -0.39 is 32.5 Å². The van der Waals surface area contributed by atoms with Crippen LogP contribution < -0.4 is 5.73 Å². The molecule has 1 unspecified atom stereocenters. The van der Waals surface area contributed by atoms with Crippen molar-refractivity contribution in [3.05, 3.63) is 24.3 Å². The maximum absolute atomic E-state index is 12.5. The molecule has 0 saturated carbocycles. The van der Waals surface area contributed by atoms with Gasteiger partial charge in [0.2, 0.25) is 0 Å². The molecule has 0 rings (SSSR count). The van der Waals surface area contributed by atoms with Crippen LogP contribution in [0.1, 0.15) is 162 Å². The molecule has 0 aliphatic carbocycles. The Hall–Kier alpha value is -1.84. The molecular formula is C37H68NO9P. The largest absolute Gasteiger partial charge is 0.472 e. The predicted molar refractivity (Wildman–Crippen MR) is 192 cm³/mol. The molecule has 0 heterocycles. The van der Waals surface area contributed by atoms with Gasteiger partial charge in [0, 0.05) is 25.8 Å². The first kappa shape index (κ1) is 46.2. The highest BCUT2D eigenvalue weighted by Gasteiger charge is 2.26. The molecule has 48 heavy (non-hydrogen) atoms. The zero-order valence-electron chi connectivity index (χ0n) is 30.2. The number of allylic oxidation sites excluding steroid dienone is 4. The Balaban J connectivity index is 4.33. The molecule has 0 amide bonds. The normalized spacial score (nSPS) is 13.6. The first-order chi connectivity index (χ1) is 23.2. The Morgan fingerprint density at radius 2 is 1.19 bits per heavy atom. The van der Waals surface area contributed by atoms with Gasteiger partial charge in [-0.25, -0.2) is 4.57 Å². The molecule has 0 fully saturated rings.